The molecule has 0 fully saturated rings. The molecule has 0 saturated heterocycles. The van der Waals surface area contributed by atoms with Gasteiger partial charge in [-0.05, 0) is 25.5 Å². The molecule has 0 spiro atoms. The summed E-state index contributed by atoms with van der Waals surface area (Å²) in [5, 5.41) is 23.3. The fourth-order valence-corrected chi connectivity index (χ4v) is 1.79. The summed E-state index contributed by atoms with van der Waals surface area (Å²) in [7, 11) is 0. The highest BCUT2D eigenvalue weighted by Gasteiger charge is 2.21. The van der Waals surface area contributed by atoms with E-state index in [0.717, 1.165) is 0 Å². The van der Waals surface area contributed by atoms with Gasteiger partial charge in [-0.2, -0.15) is 4.98 Å². The summed E-state index contributed by atoms with van der Waals surface area (Å²) in [6.45, 7) is 4.39. The van der Waals surface area contributed by atoms with Gasteiger partial charge in [0, 0.05) is 6.61 Å². The number of phenolic OH excluding ortho intramolecular Hbond substituents is 2. The van der Waals surface area contributed by atoms with Crippen molar-refractivity contribution in [2.45, 2.75) is 26.4 Å². The molecule has 0 aliphatic heterocycles. The molecule has 1 aromatic heterocycles. The second kappa shape index (κ2) is 5.71. The first-order valence-corrected chi connectivity index (χ1v) is 6.13. The lowest BCUT2D eigenvalue weighted by atomic mass is 10.2. The molecule has 0 radical (unpaired) electrons. The van der Waals surface area contributed by atoms with Crippen molar-refractivity contribution < 1.29 is 19.5 Å². The van der Waals surface area contributed by atoms with E-state index in [4.69, 9.17) is 9.26 Å². The van der Waals surface area contributed by atoms with Gasteiger partial charge in [-0.3, -0.25) is 0 Å². The van der Waals surface area contributed by atoms with E-state index in [0.29, 0.717) is 18.9 Å². The molecular weight excluding hydrogens is 248 g/mol. The molecule has 6 nitrogen and oxygen atoms in total. The Morgan fingerprint density at radius 2 is 1.95 bits per heavy atom. The first-order valence-electron chi connectivity index (χ1n) is 6.13. The van der Waals surface area contributed by atoms with Crippen molar-refractivity contribution in [3.63, 3.8) is 0 Å². The highest BCUT2D eigenvalue weighted by Crippen LogP contribution is 2.36. The highest BCUT2D eigenvalue weighted by molar-refractivity contribution is 5.69. The summed E-state index contributed by atoms with van der Waals surface area (Å²) in [6.07, 6.45) is 0.454. The third-order valence-corrected chi connectivity index (χ3v) is 2.70. The summed E-state index contributed by atoms with van der Waals surface area (Å²) in [4.78, 5) is 4.17. The van der Waals surface area contributed by atoms with Crippen LogP contribution < -0.4 is 0 Å². The molecule has 1 aromatic carbocycles. The van der Waals surface area contributed by atoms with Crippen LogP contribution in [-0.2, 0) is 4.74 Å². The molecule has 0 amide bonds. The van der Waals surface area contributed by atoms with Crippen LogP contribution in [0.15, 0.2) is 22.7 Å². The molecule has 0 bridgehead atoms. The lowest BCUT2D eigenvalue weighted by molar-refractivity contribution is 0.0518. The Hall–Kier alpha value is -2.08. The Morgan fingerprint density at radius 3 is 2.53 bits per heavy atom. The molecule has 0 saturated carbocycles. The Labute approximate surface area is 110 Å². The molecule has 6 heteroatoms. The van der Waals surface area contributed by atoms with Crippen LogP contribution in [0.5, 0.6) is 11.5 Å². The van der Waals surface area contributed by atoms with Crippen LogP contribution in [0.4, 0.5) is 0 Å². The SMILES string of the molecule is CCOC(CC)c1noc(-c2c(O)cccc2O)n1. The van der Waals surface area contributed by atoms with Crippen molar-refractivity contribution in [2.24, 2.45) is 0 Å². The third-order valence-electron chi connectivity index (χ3n) is 2.70. The zero-order chi connectivity index (χ0) is 13.8. The van der Waals surface area contributed by atoms with E-state index < -0.39 is 0 Å². The molecular formula is C13H16N2O4. The summed E-state index contributed by atoms with van der Waals surface area (Å²) >= 11 is 0. The van der Waals surface area contributed by atoms with Crippen LogP contribution in [0.1, 0.15) is 32.2 Å². The average molecular weight is 264 g/mol. The van der Waals surface area contributed by atoms with Crippen molar-refractivity contribution in [1.29, 1.82) is 0 Å². The minimum absolute atomic E-state index is 0.0729. The molecule has 2 rings (SSSR count). The smallest absolute Gasteiger partial charge is 0.265 e. The van der Waals surface area contributed by atoms with E-state index in [1.54, 1.807) is 0 Å². The molecule has 2 aromatic rings. The fourth-order valence-electron chi connectivity index (χ4n) is 1.79. The van der Waals surface area contributed by atoms with Crippen LogP contribution >= 0.6 is 0 Å². The van der Waals surface area contributed by atoms with Gasteiger partial charge in [-0.15, -0.1) is 0 Å². The van der Waals surface area contributed by atoms with Gasteiger partial charge >= 0.3 is 0 Å². The number of rotatable bonds is 5. The van der Waals surface area contributed by atoms with Crippen LogP contribution in [0, 0.1) is 0 Å². The number of aromatic hydroxyl groups is 2. The molecule has 102 valence electrons. The van der Waals surface area contributed by atoms with Crippen LogP contribution in [0.2, 0.25) is 0 Å². The van der Waals surface area contributed by atoms with Gasteiger partial charge in [0.2, 0.25) is 5.82 Å². The maximum absolute atomic E-state index is 9.73. The second-order valence-corrected chi connectivity index (χ2v) is 3.98. The Balaban J connectivity index is 2.35. The minimum atomic E-state index is -0.254. The maximum atomic E-state index is 9.73. The Kier molecular flexibility index (Phi) is 4.01. The van der Waals surface area contributed by atoms with E-state index >= 15 is 0 Å². The quantitative estimate of drug-likeness (QED) is 0.863. The summed E-state index contributed by atoms with van der Waals surface area (Å²) in [6, 6.07) is 4.41. The van der Waals surface area contributed by atoms with E-state index in [1.807, 2.05) is 13.8 Å². The standard InChI is InChI=1S/C13H16N2O4/c1-3-10(18-4-2)12-14-13(19-15-12)11-8(16)6-5-7-9(11)17/h5-7,10,16-17H,3-4H2,1-2H3. The average Bonchev–Trinajstić information content (AvgIpc) is 2.85. The van der Waals surface area contributed by atoms with Crippen LogP contribution in [0.25, 0.3) is 11.5 Å². The van der Waals surface area contributed by atoms with Gasteiger partial charge in [0.25, 0.3) is 5.89 Å². The number of benzene rings is 1. The zero-order valence-corrected chi connectivity index (χ0v) is 10.8. The van der Waals surface area contributed by atoms with Gasteiger partial charge < -0.3 is 19.5 Å². The van der Waals surface area contributed by atoms with Gasteiger partial charge in [0.1, 0.15) is 23.2 Å². The van der Waals surface area contributed by atoms with Crippen molar-refractivity contribution in [3.05, 3.63) is 24.0 Å². The molecule has 2 N–H and O–H groups in total. The molecule has 19 heavy (non-hydrogen) atoms. The molecule has 1 atom stereocenters. The second-order valence-electron chi connectivity index (χ2n) is 3.98. The summed E-state index contributed by atoms with van der Waals surface area (Å²) < 4.78 is 10.6. The van der Waals surface area contributed by atoms with Crippen molar-refractivity contribution in [2.75, 3.05) is 6.61 Å². The van der Waals surface area contributed by atoms with Crippen molar-refractivity contribution in [1.82, 2.24) is 10.1 Å². The molecule has 0 aliphatic rings. The van der Waals surface area contributed by atoms with Gasteiger partial charge in [-0.25, -0.2) is 0 Å². The van der Waals surface area contributed by atoms with E-state index in [-0.39, 0.29) is 29.1 Å². The first-order chi connectivity index (χ1) is 9.17. The van der Waals surface area contributed by atoms with Gasteiger partial charge in [-0.1, -0.05) is 18.1 Å². The maximum Gasteiger partial charge on any atom is 0.265 e. The Bertz CT molecular complexity index is 533. The predicted molar refractivity (Wildman–Crippen MR) is 67.7 cm³/mol. The van der Waals surface area contributed by atoms with E-state index in [1.165, 1.54) is 18.2 Å². The number of hydrogen-bond acceptors (Lipinski definition) is 6. The number of phenols is 2. The topological polar surface area (TPSA) is 88.6 Å². The first kappa shape index (κ1) is 13.4. The fraction of sp³-hybridized carbons (Fsp3) is 0.385. The molecule has 1 unspecified atom stereocenters. The lowest BCUT2D eigenvalue weighted by Gasteiger charge is -2.09. The van der Waals surface area contributed by atoms with E-state index in [2.05, 4.69) is 10.1 Å². The van der Waals surface area contributed by atoms with E-state index in [9.17, 15) is 10.2 Å². The van der Waals surface area contributed by atoms with Crippen molar-refractivity contribution >= 4 is 0 Å². The number of hydrogen-bond donors (Lipinski definition) is 2. The van der Waals surface area contributed by atoms with Crippen molar-refractivity contribution in [3.8, 4) is 23.0 Å². The number of nitrogens with zero attached hydrogens (tertiary/aromatic N) is 2. The highest BCUT2D eigenvalue weighted by atomic mass is 16.5. The monoisotopic (exact) mass is 264 g/mol. The lowest BCUT2D eigenvalue weighted by Crippen LogP contribution is -2.04. The van der Waals surface area contributed by atoms with Gasteiger partial charge in [0.05, 0.1) is 0 Å². The minimum Gasteiger partial charge on any atom is -0.507 e. The Morgan fingerprint density at radius 1 is 1.26 bits per heavy atom. The zero-order valence-electron chi connectivity index (χ0n) is 10.8. The summed E-state index contributed by atoms with van der Waals surface area (Å²) in [5.41, 5.74) is 0.132. The summed E-state index contributed by atoms with van der Waals surface area (Å²) in [5.74, 6) is 0.255. The molecule has 0 aliphatic carbocycles. The van der Waals surface area contributed by atoms with Gasteiger partial charge in [0.15, 0.2) is 0 Å². The van der Waals surface area contributed by atoms with Crippen LogP contribution in [0.3, 0.4) is 0 Å². The third kappa shape index (κ3) is 2.68. The predicted octanol–water partition coefficient (Wildman–Crippen LogP) is 2.64. The number of ether oxygens (including phenoxy) is 1. The normalized spacial score (nSPS) is 12.5. The van der Waals surface area contributed by atoms with Crippen LogP contribution in [-0.4, -0.2) is 27.0 Å². The largest absolute Gasteiger partial charge is 0.507 e. The number of aromatic nitrogens is 2. The molecule has 1 heterocycles.